The molecule has 0 aromatic carbocycles. The monoisotopic (exact) mass is 405 g/mol. The number of amides is 3. The number of carbonyl (C=O) groups is 3. The van der Waals surface area contributed by atoms with Crippen LogP contribution in [0, 0.1) is 11.8 Å². The molecule has 2 aliphatic rings. The Labute approximate surface area is 171 Å². The van der Waals surface area contributed by atoms with Gasteiger partial charge in [-0.15, -0.1) is 11.3 Å². The molecule has 2 N–H and O–H groups in total. The van der Waals surface area contributed by atoms with Gasteiger partial charge in [0.2, 0.25) is 11.8 Å². The van der Waals surface area contributed by atoms with Crippen LogP contribution in [0.25, 0.3) is 0 Å². The number of nitrogens with zero attached hydrogens (tertiary/aromatic N) is 1. The first-order chi connectivity index (χ1) is 13.6. The molecule has 1 atom stereocenters. The minimum Gasteiger partial charge on any atom is -0.356 e. The van der Waals surface area contributed by atoms with E-state index in [1.54, 1.807) is 17.0 Å². The van der Waals surface area contributed by atoms with Crippen LogP contribution in [0.1, 0.15) is 68.0 Å². The number of hydrogen-bond acceptors (Lipinski definition) is 4. The van der Waals surface area contributed by atoms with Crippen LogP contribution in [0.15, 0.2) is 12.1 Å². The highest BCUT2D eigenvalue weighted by Crippen LogP contribution is 2.32. The van der Waals surface area contributed by atoms with Crippen molar-refractivity contribution in [3.8, 4) is 0 Å². The number of likely N-dealkylation sites (tertiary alicyclic amines) is 1. The zero-order valence-electron chi connectivity index (χ0n) is 16.7. The summed E-state index contributed by atoms with van der Waals surface area (Å²) in [5, 5.41) is 6.64. The maximum atomic E-state index is 12.8. The van der Waals surface area contributed by atoms with Crippen molar-refractivity contribution in [3.05, 3.63) is 17.0 Å². The van der Waals surface area contributed by atoms with E-state index in [0.717, 1.165) is 50.1 Å². The van der Waals surface area contributed by atoms with Gasteiger partial charge in [0.05, 0.1) is 15.8 Å². The Morgan fingerprint density at radius 3 is 2.64 bits per heavy atom. The van der Waals surface area contributed by atoms with E-state index < -0.39 is 0 Å². The van der Waals surface area contributed by atoms with Crippen LogP contribution in [0.2, 0.25) is 0 Å². The Bertz CT molecular complexity index is 699. The SMILES string of the molecule is CCCCCCNC(=O)C1CCCN(C(=O)c2ccc(NC(=O)C3CC3)s2)C1. The number of piperidine rings is 1. The predicted octanol–water partition coefficient (Wildman–Crippen LogP) is 3.65. The Balaban J connectivity index is 1.47. The fourth-order valence-electron chi connectivity index (χ4n) is 3.53. The molecular formula is C21H31N3O3S. The van der Waals surface area contributed by atoms with Crippen LogP contribution < -0.4 is 10.6 Å². The minimum absolute atomic E-state index is 0.0441. The molecule has 0 radical (unpaired) electrons. The molecule has 1 saturated heterocycles. The second kappa shape index (κ2) is 10.0. The summed E-state index contributed by atoms with van der Waals surface area (Å²) < 4.78 is 0. The van der Waals surface area contributed by atoms with Gasteiger partial charge in [-0.25, -0.2) is 0 Å². The van der Waals surface area contributed by atoms with E-state index in [4.69, 9.17) is 0 Å². The zero-order chi connectivity index (χ0) is 19.9. The molecule has 2 fully saturated rings. The summed E-state index contributed by atoms with van der Waals surface area (Å²) in [6.45, 7) is 4.05. The zero-order valence-corrected chi connectivity index (χ0v) is 17.5. The van der Waals surface area contributed by atoms with Crippen molar-refractivity contribution in [3.63, 3.8) is 0 Å². The summed E-state index contributed by atoms with van der Waals surface area (Å²) in [5.41, 5.74) is 0. The van der Waals surface area contributed by atoms with Crippen LogP contribution in [0.4, 0.5) is 5.00 Å². The van der Waals surface area contributed by atoms with Crippen molar-refractivity contribution in [2.45, 2.75) is 58.3 Å². The van der Waals surface area contributed by atoms with Gasteiger partial charge < -0.3 is 15.5 Å². The number of carbonyl (C=O) groups excluding carboxylic acids is 3. The number of nitrogens with one attached hydrogen (secondary N) is 2. The fraction of sp³-hybridized carbons (Fsp3) is 0.667. The lowest BCUT2D eigenvalue weighted by Crippen LogP contribution is -2.45. The van der Waals surface area contributed by atoms with E-state index in [1.807, 2.05) is 0 Å². The van der Waals surface area contributed by atoms with Crippen molar-refractivity contribution in [2.24, 2.45) is 11.8 Å². The molecule has 3 amide bonds. The second-order valence-corrected chi connectivity index (χ2v) is 8.95. The number of hydrogen-bond donors (Lipinski definition) is 2. The van der Waals surface area contributed by atoms with Gasteiger partial charge in [0.15, 0.2) is 0 Å². The smallest absolute Gasteiger partial charge is 0.264 e. The fourth-order valence-corrected chi connectivity index (χ4v) is 4.41. The molecule has 1 saturated carbocycles. The maximum Gasteiger partial charge on any atom is 0.264 e. The molecule has 1 unspecified atom stereocenters. The molecule has 0 spiro atoms. The Morgan fingerprint density at radius 1 is 1.07 bits per heavy atom. The predicted molar refractivity (Wildman–Crippen MR) is 111 cm³/mol. The molecule has 154 valence electrons. The third kappa shape index (κ3) is 5.80. The number of unbranched alkanes of at least 4 members (excludes halogenated alkanes) is 3. The molecule has 1 aliphatic heterocycles. The van der Waals surface area contributed by atoms with Gasteiger partial charge in [-0.2, -0.15) is 0 Å². The van der Waals surface area contributed by atoms with Gasteiger partial charge in [-0.1, -0.05) is 26.2 Å². The summed E-state index contributed by atoms with van der Waals surface area (Å²) >= 11 is 1.32. The van der Waals surface area contributed by atoms with E-state index in [0.29, 0.717) is 18.0 Å². The average molecular weight is 406 g/mol. The number of thiophene rings is 1. The second-order valence-electron chi connectivity index (χ2n) is 7.87. The van der Waals surface area contributed by atoms with Crippen LogP contribution in [-0.2, 0) is 9.59 Å². The maximum absolute atomic E-state index is 12.8. The Hall–Kier alpha value is -1.89. The van der Waals surface area contributed by atoms with E-state index in [1.165, 1.54) is 24.2 Å². The molecule has 6 nitrogen and oxygen atoms in total. The van der Waals surface area contributed by atoms with Gasteiger partial charge in [-0.3, -0.25) is 14.4 Å². The Morgan fingerprint density at radius 2 is 1.89 bits per heavy atom. The molecule has 1 aliphatic carbocycles. The first kappa shape index (κ1) is 20.8. The lowest BCUT2D eigenvalue weighted by atomic mass is 9.97. The number of rotatable bonds is 9. The average Bonchev–Trinajstić information content (AvgIpc) is 3.47. The highest BCUT2D eigenvalue weighted by Gasteiger charge is 2.31. The first-order valence-electron chi connectivity index (χ1n) is 10.6. The van der Waals surface area contributed by atoms with Gasteiger partial charge in [-0.05, 0) is 44.2 Å². The van der Waals surface area contributed by atoms with Crippen molar-refractivity contribution in [1.29, 1.82) is 0 Å². The molecular weight excluding hydrogens is 374 g/mol. The van der Waals surface area contributed by atoms with Crippen molar-refractivity contribution < 1.29 is 14.4 Å². The van der Waals surface area contributed by atoms with E-state index >= 15 is 0 Å². The van der Waals surface area contributed by atoms with Gasteiger partial charge in [0, 0.05) is 25.6 Å². The molecule has 3 rings (SSSR count). The van der Waals surface area contributed by atoms with Crippen LogP contribution >= 0.6 is 11.3 Å². The third-order valence-corrected chi connectivity index (χ3v) is 6.41. The van der Waals surface area contributed by atoms with Crippen LogP contribution in [-0.4, -0.2) is 42.3 Å². The molecule has 1 aromatic heterocycles. The number of anilines is 1. The van der Waals surface area contributed by atoms with Gasteiger partial charge in [0.1, 0.15) is 0 Å². The molecule has 1 aromatic rings. The summed E-state index contributed by atoms with van der Waals surface area (Å²) in [6.07, 6.45) is 8.13. The highest BCUT2D eigenvalue weighted by molar-refractivity contribution is 7.18. The minimum atomic E-state index is -0.127. The lowest BCUT2D eigenvalue weighted by Gasteiger charge is -2.31. The van der Waals surface area contributed by atoms with E-state index in [9.17, 15) is 14.4 Å². The van der Waals surface area contributed by atoms with E-state index in [-0.39, 0.29) is 29.6 Å². The molecule has 0 bridgehead atoms. The summed E-state index contributed by atoms with van der Waals surface area (Å²) in [4.78, 5) is 39.5. The molecule has 7 heteroatoms. The van der Waals surface area contributed by atoms with E-state index in [2.05, 4.69) is 17.6 Å². The highest BCUT2D eigenvalue weighted by atomic mass is 32.1. The summed E-state index contributed by atoms with van der Waals surface area (Å²) in [7, 11) is 0. The summed E-state index contributed by atoms with van der Waals surface area (Å²) in [6, 6.07) is 3.57. The van der Waals surface area contributed by atoms with Gasteiger partial charge in [0.25, 0.3) is 5.91 Å². The van der Waals surface area contributed by atoms with Crippen molar-refractivity contribution >= 4 is 34.1 Å². The third-order valence-electron chi connectivity index (χ3n) is 5.42. The molecule has 2 heterocycles. The standard InChI is InChI=1S/C21H31N3O3S/c1-2-3-4-5-12-22-19(25)16-7-6-13-24(14-16)21(27)17-10-11-18(28-17)23-20(26)15-8-9-15/h10-11,15-16H,2-9,12-14H2,1H3,(H,22,25)(H,23,26). The van der Waals surface area contributed by atoms with Gasteiger partial charge >= 0.3 is 0 Å². The largest absolute Gasteiger partial charge is 0.356 e. The van der Waals surface area contributed by atoms with Crippen molar-refractivity contribution in [2.75, 3.05) is 25.0 Å². The Kier molecular flexibility index (Phi) is 7.48. The quantitative estimate of drug-likeness (QED) is 0.616. The van der Waals surface area contributed by atoms with Crippen molar-refractivity contribution in [1.82, 2.24) is 10.2 Å². The normalized spacial score (nSPS) is 19.3. The lowest BCUT2D eigenvalue weighted by molar-refractivity contribution is -0.126. The summed E-state index contributed by atoms with van der Waals surface area (Å²) in [5.74, 6) is 0.0897. The first-order valence-corrected chi connectivity index (χ1v) is 11.4. The van der Waals surface area contributed by atoms with Crippen LogP contribution in [0.3, 0.4) is 0 Å². The topological polar surface area (TPSA) is 78.5 Å². The molecule has 28 heavy (non-hydrogen) atoms. The van der Waals surface area contributed by atoms with Crippen LogP contribution in [0.5, 0.6) is 0 Å².